The number of nitrogens with zero attached hydrogens (tertiary/aromatic N) is 2. The van der Waals surface area contributed by atoms with Crippen LogP contribution in [0.4, 0.5) is 5.82 Å². The van der Waals surface area contributed by atoms with Gasteiger partial charge in [0, 0.05) is 16.6 Å². The molecule has 0 unspecified atom stereocenters. The minimum Gasteiger partial charge on any atom is -0.368 e. The Bertz CT molecular complexity index is 412. The Morgan fingerprint density at radius 3 is 2.56 bits per heavy atom. The van der Waals surface area contributed by atoms with E-state index in [9.17, 15) is 0 Å². The van der Waals surface area contributed by atoms with E-state index in [1.165, 1.54) is 25.7 Å². The lowest BCUT2D eigenvalue weighted by Crippen LogP contribution is -2.47. The first-order valence-electron chi connectivity index (χ1n) is 6.58. The quantitative estimate of drug-likeness (QED) is 0.923. The molecule has 1 N–H and O–H groups in total. The molecule has 1 heterocycles. The van der Waals surface area contributed by atoms with E-state index in [0.29, 0.717) is 5.54 Å². The van der Waals surface area contributed by atoms with E-state index in [2.05, 4.69) is 51.3 Å². The molecular formula is C14H22BrN3. The molecule has 1 saturated carbocycles. The maximum absolute atomic E-state index is 4.55. The van der Waals surface area contributed by atoms with Crippen molar-refractivity contribution >= 4 is 21.7 Å². The van der Waals surface area contributed by atoms with Crippen LogP contribution in [0.2, 0.25) is 0 Å². The minimum atomic E-state index is 0.308. The van der Waals surface area contributed by atoms with Crippen molar-refractivity contribution in [1.29, 1.82) is 0 Å². The van der Waals surface area contributed by atoms with Gasteiger partial charge in [-0.15, -0.1) is 0 Å². The summed E-state index contributed by atoms with van der Waals surface area (Å²) < 4.78 is 1.07. The molecule has 1 aromatic rings. The Hall–Kier alpha value is -0.610. The maximum Gasteiger partial charge on any atom is 0.126 e. The summed E-state index contributed by atoms with van der Waals surface area (Å²) in [6, 6.07) is 4.09. The predicted molar refractivity (Wildman–Crippen MR) is 80.0 cm³/mol. The van der Waals surface area contributed by atoms with Gasteiger partial charge in [0.15, 0.2) is 0 Å². The fourth-order valence-corrected chi connectivity index (χ4v) is 2.93. The van der Waals surface area contributed by atoms with Crippen LogP contribution in [0.15, 0.2) is 16.6 Å². The number of pyridine rings is 1. The van der Waals surface area contributed by atoms with Crippen molar-refractivity contribution < 1.29 is 0 Å². The molecule has 18 heavy (non-hydrogen) atoms. The number of rotatable bonds is 4. The Morgan fingerprint density at radius 1 is 1.33 bits per heavy atom. The lowest BCUT2D eigenvalue weighted by Gasteiger charge is -2.36. The largest absolute Gasteiger partial charge is 0.368 e. The van der Waals surface area contributed by atoms with Crippen LogP contribution in [0.1, 0.15) is 31.4 Å². The van der Waals surface area contributed by atoms with Crippen molar-refractivity contribution in [2.75, 3.05) is 26.0 Å². The van der Waals surface area contributed by atoms with Gasteiger partial charge in [-0.25, -0.2) is 4.98 Å². The molecule has 0 amide bonds. The van der Waals surface area contributed by atoms with Gasteiger partial charge in [0.2, 0.25) is 0 Å². The standard InChI is InChI=1S/C14H22BrN3/c1-11-12(15)6-7-13(17-11)16-10-14(18(2)3)8-4-5-9-14/h6-7H,4-5,8-10H2,1-3H3,(H,16,17). The number of nitrogens with one attached hydrogen (secondary N) is 1. The second kappa shape index (κ2) is 5.57. The molecule has 0 spiro atoms. The van der Waals surface area contributed by atoms with Gasteiger partial charge in [0.1, 0.15) is 5.82 Å². The summed E-state index contributed by atoms with van der Waals surface area (Å²) in [7, 11) is 4.38. The van der Waals surface area contributed by atoms with Crippen molar-refractivity contribution in [3.05, 3.63) is 22.3 Å². The third kappa shape index (κ3) is 2.86. The zero-order chi connectivity index (χ0) is 13.2. The molecule has 0 aromatic carbocycles. The van der Waals surface area contributed by atoms with Crippen molar-refractivity contribution in [3.63, 3.8) is 0 Å². The van der Waals surface area contributed by atoms with Crippen LogP contribution in [-0.2, 0) is 0 Å². The molecule has 0 radical (unpaired) electrons. The molecule has 100 valence electrons. The third-order valence-electron chi connectivity index (χ3n) is 4.10. The van der Waals surface area contributed by atoms with Crippen LogP contribution in [-0.4, -0.2) is 36.1 Å². The normalized spacial score (nSPS) is 18.3. The molecule has 4 heteroatoms. The number of aromatic nitrogens is 1. The van der Waals surface area contributed by atoms with Gasteiger partial charge in [0.05, 0.1) is 5.69 Å². The topological polar surface area (TPSA) is 28.2 Å². The first kappa shape index (κ1) is 13.8. The number of aryl methyl sites for hydroxylation is 1. The second-order valence-electron chi connectivity index (χ2n) is 5.44. The molecule has 1 fully saturated rings. The van der Waals surface area contributed by atoms with Crippen molar-refractivity contribution in [3.8, 4) is 0 Å². The second-order valence-corrected chi connectivity index (χ2v) is 6.30. The van der Waals surface area contributed by atoms with E-state index in [4.69, 9.17) is 0 Å². The van der Waals surface area contributed by atoms with E-state index >= 15 is 0 Å². The third-order valence-corrected chi connectivity index (χ3v) is 4.94. The number of hydrogen-bond donors (Lipinski definition) is 1. The molecule has 0 bridgehead atoms. The average molecular weight is 312 g/mol. The lowest BCUT2D eigenvalue weighted by molar-refractivity contribution is 0.172. The molecule has 3 nitrogen and oxygen atoms in total. The van der Waals surface area contributed by atoms with E-state index in [1.54, 1.807) is 0 Å². The first-order valence-corrected chi connectivity index (χ1v) is 7.37. The van der Waals surface area contributed by atoms with E-state index in [-0.39, 0.29) is 0 Å². The highest BCUT2D eigenvalue weighted by molar-refractivity contribution is 9.10. The Morgan fingerprint density at radius 2 is 2.00 bits per heavy atom. The van der Waals surface area contributed by atoms with Crippen LogP contribution >= 0.6 is 15.9 Å². The summed E-state index contributed by atoms with van der Waals surface area (Å²) in [4.78, 5) is 6.92. The summed E-state index contributed by atoms with van der Waals surface area (Å²) in [5.74, 6) is 0.976. The highest BCUT2D eigenvalue weighted by Crippen LogP contribution is 2.33. The van der Waals surface area contributed by atoms with Crippen LogP contribution in [0.5, 0.6) is 0 Å². The van der Waals surface area contributed by atoms with Crippen molar-refractivity contribution in [2.45, 2.75) is 38.1 Å². The minimum absolute atomic E-state index is 0.308. The lowest BCUT2D eigenvalue weighted by atomic mass is 9.96. The Labute approximate surface area is 118 Å². The fraction of sp³-hybridized carbons (Fsp3) is 0.643. The summed E-state index contributed by atoms with van der Waals surface area (Å²) in [5, 5.41) is 3.50. The van der Waals surface area contributed by atoms with E-state index in [1.807, 2.05) is 13.0 Å². The smallest absolute Gasteiger partial charge is 0.126 e. The Kier molecular flexibility index (Phi) is 4.28. The molecule has 1 aliphatic rings. The molecule has 0 atom stereocenters. The summed E-state index contributed by atoms with van der Waals surface area (Å²) in [6.45, 7) is 3.00. The molecular weight excluding hydrogens is 290 g/mol. The van der Waals surface area contributed by atoms with E-state index < -0.39 is 0 Å². The highest BCUT2D eigenvalue weighted by atomic mass is 79.9. The Balaban J connectivity index is 2.03. The number of hydrogen-bond acceptors (Lipinski definition) is 3. The number of likely N-dealkylation sites (N-methyl/N-ethyl adjacent to an activating group) is 1. The number of halogens is 1. The molecule has 0 aliphatic heterocycles. The molecule has 1 aromatic heterocycles. The van der Waals surface area contributed by atoms with Gasteiger partial charge in [-0.1, -0.05) is 12.8 Å². The van der Waals surface area contributed by atoms with Gasteiger partial charge in [0.25, 0.3) is 0 Å². The summed E-state index contributed by atoms with van der Waals surface area (Å²) >= 11 is 3.48. The predicted octanol–water partition coefficient (Wildman–Crippen LogP) is 3.44. The first-order chi connectivity index (χ1) is 8.53. The van der Waals surface area contributed by atoms with Crippen LogP contribution in [0.25, 0.3) is 0 Å². The van der Waals surface area contributed by atoms with Gasteiger partial charge in [-0.3, -0.25) is 0 Å². The summed E-state index contributed by atoms with van der Waals surface area (Å²) in [6.07, 6.45) is 5.24. The SMILES string of the molecule is Cc1nc(NCC2(N(C)C)CCCC2)ccc1Br. The molecule has 1 aliphatic carbocycles. The van der Waals surface area contributed by atoms with Gasteiger partial charge >= 0.3 is 0 Å². The fourth-order valence-electron chi connectivity index (χ4n) is 2.71. The average Bonchev–Trinajstić information content (AvgIpc) is 2.81. The zero-order valence-corrected chi connectivity index (χ0v) is 13.0. The number of anilines is 1. The maximum atomic E-state index is 4.55. The van der Waals surface area contributed by atoms with Crippen LogP contribution in [0, 0.1) is 6.92 Å². The van der Waals surface area contributed by atoms with Gasteiger partial charge in [-0.05, 0) is 61.9 Å². The van der Waals surface area contributed by atoms with Crippen LogP contribution in [0.3, 0.4) is 0 Å². The van der Waals surface area contributed by atoms with Gasteiger partial charge in [-0.2, -0.15) is 0 Å². The molecule has 2 rings (SSSR count). The molecule has 0 saturated heterocycles. The van der Waals surface area contributed by atoms with E-state index in [0.717, 1.165) is 22.5 Å². The van der Waals surface area contributed by atoms with Crippen LogP contribution < -0.4 is 5.32 Å². The van der Waals surface area contributed by atoms with Crippen molar-refractivity contribution in [1.82, 2.24) is 9.88 Å². The highest BCUT2D eigenvalue weighted by Gasteiger charge is 2.35. The van der Waals surface area contributed by atoms with Crippen molar-refractivity contribution in [2.24, 2.45) is 0 Å². The summed E-state index contributed by atoms with van der Waals surface area (Å²) in [5.41, 5.74) is 1.34. The van der Waals surface area contributed by atoms with Gasteiger partial charge < -0.3 is 10.2 Å². The zero-order valence-electron chi connectivity index (χ0n) is 11.5. The monoisotopic (exact) mass is 311 g/mol.